The summed E-state index contributed by atoms with van der Waals surface area (Å²) in [5.74, 6) is 0.104. The van der Waals surface area contributed by atoms with Crippen LogP contribution >= 0.6 is 23.2 Å². The van der Waals surface area contributed by atoms with Crippen LogP contribution < -0.4 is 11.1 Å². The third kappa shape index (κ3) is 2.54. The maximum Gasteiger partial charge on any atom is 0.268 e. The van der Waals surface area contributed by atoms with E-state index >= 15 is 0 Å². The number of aromatic nitrogens is 3. The van der Waals surface area contributed by atoms with E-state index in [0.29, 0.717) is 22.1 Å². The first-order valence-electron chi connectivity index (χ1n) is 4.68. The number of nitrogen functional groups attached to an aromatic ring is 1. The van der Waals surface area contributed by atoms with Crippen LogP contribution in [0.25, 0.3) is 0 Å². The second-order valence-corrected chi connectivity index (χ2v) is 4.12. The van der Waals surface area contributed by atoms with E-state index < -0.39 is 0 Å². The van der Waals surface area contributed by atoms with E-state index in [9.17, 15) is 4.79 Å². The second kappa shape index (κ2) is 4.68. The van der Waals surface area contributed by atoms with Crippen molar-refractivity contribution in [3.63, 3.8) is 0 Å². The van der Waals surface area contributed by atoms with Crippen molar-refractivity contribution in [3.05, 3.63) is 33.7 Å². The van der Waals surface area contributed by atoms with E-state index in [1.54, 1.807) is 6.20 Å². The number of aromatic amines is 2. The SMILES string of the molecule is Nc1[nH]ncc1CNC(=O)c1cc(Cl)c(Cl)[nH]1. The minimum atomic E-state index is -0.320. The molecule has 0 aliphatic carbocycles. The van der Waals surface area contributed by atoms with Crippen LogP contribution in [0.15, 0.2) is 12.3 Å². The lowest BCUT2D eigenvalue weighted by Gasteiger charge is -2.02. The van der Waals surface area contributed by atoms with Crippen molar-refractivity contribution in [2.75, 3.05) is 5.73 Å². The summed E-state index contributed by atoms with van der Waals surface area (Å²) in [6.07, 6.45) is 1.55. The average molecular weight is 274 g/mol. The number of carbonyl (C=O) groups excluding carboxylic acids is 1. The van der Waals surface area contributed by atoms with Crippen molar-refractivity contribution in [1.29, 1.82) is 0 Å². The molecule has 2 heterocycles. The van der Waals surface area contributed by atoms with Gasteiger partial charge in [-0.25, -0.2) is 0 Å². The van der Waals surface area contributed by atoms with Crippen molar-refractivity contribution >= 4 is 34.9 Å². The zero-order valence-corrected chi connectivity index (χ0v) is 10.1. The summed E-state index contributed by atoms with van der Waals surface area (Å²) < 4.78 is 0. The minimum absolute atomic E-state index is 0.236. The van der Waals surface area contributed by atoms with Crippen molar-refractivity contribution in [2.24, 2.45) is 0 Å². The Morgan fingerprint density at radius 3 is 2.82 bits per heavy atom. The molecule has 0 bridgehead atoms. The molecule has 2 aromatic heterocycles. The third-order valence-electron chi connectivity index (χ3n) is 2.16. The van der Waals surface area contributed by atoms with Gasteiger partial charge in [-0.1, -0.05) is 23.2 Å². The number of anilines is 1. The van der Waals surface area contributed by atoms with Gasteiger partial charge in [-0.3, -0.25) is 9.89 Å². The van der Waals surface area contributed by atoms with Gasteiger partial charge in [0.25, 0.3) is 5.91 Å². The van der Waals surface area contributed by atoms with Gasteiger partial charge in [-0.05, 0) is 6.07 Å². The number of carbonyl (C=O) groups is 1. The zero-order valence-electron chi connectivity index (χ0n) is 8.55. The van der Waals surface area contributed by atoms with Crippen LogP contribution in [0.1, 0.15) is 16.1 Å². The molecule has 0 aliphatic heterocycles. The summed E-state index contributed by atoms with van der Waals surface area (Å²) in [6.45, 7) is 0.273. The maximum absolute atomic E-state index is 11.7. The first-order valence-corrected chi connectivity index (χ1v) is 5.43. The Labute approximate surface area is 106 Å². The topological polar surface area (TPSA) is 99.6 Å². The van der Waals surface area contributed by atoms with Crippen LogP contribution in [0.3, 0.4) is 0 Å². The molecule has 6 nitrogen and oxygen atoms in total. The van der Waals surface area contributed by atoms with E-state index in [0.717, 1.165) is 0 Å². The third-order valence-corrected chi connectivity index (χ3v) is 2.85. The Kier molecular flexibility index (Phi) is 3.26. The summed E-state index contributed by atoms with van der Waals surface area (Å²) in [4.78, 5) is 14.3. The molecule has 5 N–H and O–H groups in total. The highest BCUT2D eigenvalue weighted by Gasteiger charge is 2.12. The van der Waals surface area contributed by atoms with Gasteiger partial charge in [0.2, 0.25) is 0 Å². The molecule has 2 aromatic rings. The van der Waals surface area contributed by atoms with Gasteiger partial charge in [0.1, 0.15) is 16.7 Å². The molecular weight excluding hydrogens is 265 g/mol. The summed E-state index contributed by atoms with van der Waals surface area (Å²) in [7, 11) is 0. The molecule has 0 saturated carbocycles. The molecular formula is C9H9Cl2N5O. The first kappa shape index (κ1) is 11.8. The Morgan fingerprint density at radius 2 is 2.29 bits per heavy atom. The average Bonchev–Trinajstić information content (AvgIpc) is 2.83. The predicted molar refractivity (Wildman–Crippen MR) is 65.0 cm³/mol. The Bertz CT molecular complexity index is 528. The molecule has 1 amide bonds. The molecule has 0 saturated heterocycles. The van der Waals surface area contributed by atoms with Gasteiger partial charge < -0.3 is 16.0 Å². The number of nitrogens with two attached hydrogens (primary N) is 1. The van der Waals surface area contributed by atoms with E-state index in [-0.39, 0.29) is 17.6 Å². The van der Waals surface area contributed by atoms with Crippen molar-refractivity contribution < 1.29 is 4.79 Å². The van der Waals surface area contributed by atoms with Crippen LogP contribution in [-0.2, 0) is 6.54 Å². The number of H-pyrrole nitrogens is 2. The molecule has 0 radical (unpaired) electrons. The van der Waals surface area contributed by atoms with E-state index in [4.69, 9.17) is 28.9 Å². The summed E-state index contributed by atoms with van der Waals surface area (Å²) in [5, 5.41) is 9.51. The van der Waals surface area contributed by atoms with Crippen molar-refractivity contribution in [3.8, 4) is 0 Å². The normalized spacial score (nSPS) is 10.5. The lowest BCUT2D eigenvalue weighted by atomic mass is 10.3. The van der Waals surface area contributed by atoms with Gasteiger partial charge >= 0.3 is 0 Å². The smallest absolute Gasteiger partial charge is 0.268 e. The highest BCUT2D eigenvalue weighted by molar-refractivity contribution is 6.41. The predicted octanol–water partition coefficient (Wildman–Crippen LogP) is 1.56. The fourth-order valence-corrected chi connectivity index (χ4v) is 1.57. The van der Waals surface area contributed by atoms with Gasteiger partial charge in [0, 0.05) is 12.1 Å². The van der Waals surface area contributed by atoms with E-state index in [1.165, 1.54) is 6.07 Å². The summed E-state index contributed by atoms with van der Waals surface area (Å²) in [6, 6.07) is 1.46. The van der Waals surface area contributed by atoms with Gasteiger partial charge in [-0.15, -0.1) is 0 Å². The standard InChI is InChI=1S/C9H9Cl2N5O/c10-5-1-6(15-7(5)11)9(17)13-2-4-3-14-16-8(4)12/h1,3,15H,2H2,(H,13,17)(H3,12,14,16). The molecule has 0 atom stereocenters. The van der Waals surface area contributed by atoms with Crippen molar-refractivity contribution in [1.82, 2.24) is 20.5 Å². The van der Waals surface area contributed by atoms with Crippen LogP contribution in [0.5, 0.6) is 0 Å². The number of hydrogen-bond acceptors (Lipinski definition) is 3. The summed E-state index contributed by atoms with van der Waals surface area (Å²) >= 11 is 11.4. The molecule has 0 aromatic carbocycles. The number of hydrogen-bond donors (Lipinski definition) is 4. The summed E-state index contributed by atoms with van der Waals surface area (Å²) in [5.41, 5.74) is 6.58. The molecule has 17 heavy (non-hydrogen) atoms. The van der Waals surface area contributed by atoms with Crippen LogP contribution in [0, 0.1) is 0 Å². The zero-order chi connectivity index (χ0) is 12.4. The molecule has 2 rings (SSSR count). The maximum atomic E-state index is 11.7. The number of amides is 1. The number of rotatable bonds is 3. The van der Waals surface area contributed by atoms with E-state index in [2.05, 4.69) is 20.5 Å². The Balaban J connectivity index is 2.00. The highest BCUT2D eigenvalue weighted by Crippen LogP contribution is 2.21. The number of halogens is 2. The Morgan fingerprint density at radius 1 is 1.53 bits per heavy atom. The highest BCUT2D eigenvalue weighted by atomic mass is 35.5. The molecule has 0 unspecified atom stereocenters. The quantitative estimate of drug-likeness (QED) is 0.683. The fraction of sp³-hybridized carbons (Fsp3) is 0.111. The van der Waals surface area contributed by atoms with E-state index in [1.807, 2.05) is 0 Å². The Hall–Kier alpha value is -1.66. The fourth-order valence-electron chi connectivity index (χ4n) is 1.26. The molecule has 90 valence electrons. The van der Waals surface area contributed by atoms with Gasteiger partial charge in [-0.2, -0.15) is 5.10 Å². The lowest BCUT2D eigenvalue weighted by Crippen LogP contribution is -2.23. The molecule has 8 heteroatoms. The van der Waals surface area contributed by atoms with Crippen LogP contribution in [0.2, 0.25) is 10.2 Å². The van der Waals surface area contributed by atoms with Gasteiger partial charge in [0.05, 0.1) is 11.2 Å². The minimum Gasteiger partial charge on any atom is -0.384 e. The number of nitrogens with one attached hydrogen (secondary N) is 3. The second-order valence-electron chi connectivity index (χ2n) is 3.34. The monoisotopic (exact) mass is 273 g/mol. The molecule has 0 aliphatic rings. The first-order chi connectivity index (χ1) is 8.08. The van der Waals surface area contributed by atoms with Crippen LogP contribution in [-0.4, -0.2) is 21.1 Å². The largest absolute Gasteiger partial charge is 0.384 e. The molecule has 0 spiro atoms. The lowest BCUT2D eigenvalue weighted by molar-refractivity contribution is 0.0946. The van der Waals surface area contributed by atoms with Crippen LogP contribution in [0.4, 0.5) is 5.82 Å². The number of nitrogens with zero attached hydrogens (tertiary/aromatic N) is 1. The van der Waals surface area contributed by atoms with Gasteiger partial charge in [0.15, 0.2) is 0 Å². The van der Waals surface area contributed by atoms with Crippen molar-refractivity contribution in [2.45, 2.75) is 6.54 Å². The molecule has 0 fully saturated rings.